The molecule has 2 heterocycles. The van der Waals surface area contributed by atoms with Crippen molar-refractivity contribution in [3.05, 3.63) is 76.6 Å². The van der Waals surface area contributed by atoms with Crippen LogP contribution in [0.3, 0.4) is 0 Å². The number of halogens is 4. The minimum atomic E-state index is -5.19. The molecule has 0 bridgehead atoms. The highest BCUT2D eigenvalue weighted by Crippen LogP contribution is 2.24. The number of nitrogen functional groups attached to an aromatic ring is 2. The smallest absolute Gasteiger partial charge is 0.430 e. The summed E-state index contributed by atoms with van der Waals surface area (Å²) in [5, 5.41) is 11.9. The van der Waals surface area contributed by atoms with Gasteiger partial charge in [0, 0.05) is 12.8 Å². The predicted octanol–water partition coefficient (Wildman–Crippen LogP) is 3.58. The van der Waals surface area contributed by atoms with Gasteiger partial charge in [-0.05, 0) is 48.9 Å². The Labute approximate surface area is 265 Å². The summed E-state index contributed by atoms with van der Waals surface area (Å²) in [5.74, 6) is -2.48. The maximum Gasteiger partial charge on any atom is 0.430 e. The van der Waals surface area contributed by atoms with Gasteiger partial charge in [-0.3, -0.25) is 4.79 Å². The number of amides is 1. The lowest BCUT2D eigenvalue weighted by atomic mass is 9.99. The molecule has 2 aromatic carbocycles. The summed E-state index contributed by atoms with van der Waals surface area (Å²) in [6, 6.07) is 19.0. The van der Waals surface area contributed by atoms with E-state index in [2.05, 4.69) is 57.7 Å². The summed E-state index contributed by atoms with van der Waals surface area (Å²) in [6.45, 7) is 4.11. The highest BCUT2D eigenvalue weighted by atomic mass is 35.5. The lowest BCUT2D eigenvalue weighted by molar-refractivity contribution is -0.933. The third kappa shape index (κ3) is 11.1. The van der Waals surface area contributed by atoms with Gasteiger partial charge >= 0.3 is 6.18 Å². The molecule has 2 unspecified atom stereocenters. The van der Waals surface area contributed by atoms with Gasteiger partial charge in [0.2, 0.25) is 0 Å². The van der Waals surface area contributed by atoms with Crippen LogP contribution in [0.5, 0.6) is 5.75 Å². The zero-order valence-electron chi connectivity index (χ0n) is 25.0. The molecule has 1 fully saturated rings. The van der Waals surface area contributed by atoms with Crippen molar-refractivity contribution in [3.8, 4) is 5.75 Å². The summed E-state index contributed by atoms with van der Waals surface area (Å²) in [7, 11) is 1.69. The molecule has 45 heavy (non-hydrogen) atoms. The van der Waals surface area contributed by atoms with Crippen molar-refractivity contribution < 1.29 is 37.1 Å². The molecule has 4 rings (SSSR count). The Kier molecular flexibility index (Phi) is 12.8. The third-order valence-electron chi connectivity index (χ3n) is 7.68. The molecular weight excluding hydrogens is 613 g/mol. The summed E-state index contributed by atoms with van der Waals surface area (Å²) in [5.41, 5.74) is 14.3. The van der Waals surface area contributed by atoms with Crippen LogP contribution in [0.2, 0.25) is 5.15 Å². The first-order valence-corrected chi connectivity index (χ1v) is 14.9. The SMILES string of the molecule is COc1ccc(CCC[N+]2(CCCc3ccccc3)CCCC(NC(=O)c3nc(Cl)c(N)nc3N)C2)cc1.O=C([O-])C(F)(F)F. The lowest BCUT2D eigenvalue weighted by Crippen LogP contribution is -2.60. The van der Waals surface area contributed by atoms with Gasteiger partial charge in [0.05, 0.1) is 39.3 Å². The van der Waals surface area contributed by atoms with Crippen LogP contribution in [0.15, 0.2) is 54.6 Å². The van der Waals surface area contributed by atoms with Gasteiger partial charge in [-0.2, -0.15) is 13.2 Å². The lowest BCUT2D eigenvalue weighted by Gasteiger charge is -2.45. The van der Waals surface area contributed by atoms with Crippen LogP contribution in [0.25, 0.3) is 0 Å². The number of likely N-dealkylation sites (tertiary alicyclic amines) is 1. The molecular formula is C31H38ClF3N6O4. The first-order valence-electron chi connectivity index (χ1n) is 14.5. The predicted molar refractivity (Wildman–Crippen MR) is 163 cm³/mol. The Morgan fingerprint density at radius 3 is 2.13 bits per heavy atom. The van der Waals surface area contributed by atoms with Gasteiger partial charge in [0.1, 0.15) is 11.7 Å². The zero-order chi connectivity index (χ0) is 33.0. The van der Waals surface area contributed by atoms with E-state index in [9.17, 15) is 18.0 Å². The van der Waals surface area contributed by atoms with E-state index in [0.717, 1.165) is 74.9 Å². The number of aliphatic carboxylic acids is 1. The number of quaternary nitrogens is 1. The quantitative estimate of drug-likeness (QED) is 0.266. The Bertz CT molecular complexity index is 1410. The number of methoxy groups -OCH3 is 1. The van der Waals surface area contributed by atoms with Gasteiger partial charge in [0.15, 0.2) is 22.5 Å². The first-order chi connectivity index (χ1) is 21.3. The van der Waals surface area contributed by atoms with Crippen LogP contribution in [0.4, 0.5) is 24.8 Å². The molecule has 3 aromatic rings. The molecule has 1 aliphatic rings. The van der Waals surface area contributed by atoms with Crippen molar-refractivity contribution in [1.29, 1.82) is 0 Å². The second-order valence-electron chi connectivity index (χ2n) is 11.0. The first kappa shape index (κ1) is 35.4. The Hall–Kier alpha value is -4.10. The molecule has 1 amide bonds. The molecule has 1 aliphatic heterocycles. The molecule has 14 heteroatoms. The largest absolute Gasteiger partial charge is 0.542 e. The number of aromatic nitrogens is 2. The van der Waals surface area contributed by atoms with E-state index in [4.69, 9.17) is 37.7 Å². The standard InChI is InChI=1S/C29H37ClN6O2.C2HF3O2/c1-38-24-15-13-22(14-16-24)11-6-18-36(17-5-10-21-8-3-2-4-9-21)19-7-12-23(20-36)33-29(37)25-27(31)35-28(32)26(30)34-25;3-2(4,5)1(6)7/h2-4,8-9,13-16,23H,5-7,10-12,17-20H2,1H3,(H4-,31,32,33,35,37);(H,6,7). The van der Waals surface area contributed by atoms with Gasteiger partial charge < -0.3 is 35.9 Å². The van der Waals surface area contributed by atoms with Gasteiger partial charge in [-0.15, -0.1) is 0 Å². The van der Waals surface area contributed by atoms with Crippen molar-refractivity contribution in [3.63, 3.8) is 0 Å². The number of benzene rings is 2. The van der Waals surface area contributed by atoms with E-state index in [-0.39, 0.29) is 34.4 Å². The Balaban J connectivity index is 0.000000707. The Morgan fingerprint density at radius 2 is 1.58 bits per heavy atom. The van der Waals surface area contributed by atoms with Crippen molar-refractivity contribution in [2.45, 2.75) is 50.7 Å². The summed E-state index contributed by atoms with van der Waals surface area (Å²) >= 11 is 6.01. The number of carboxylic acids is 1. The Morgan fingerprint density at radius 1 is 1.00 bits per heavy atom. The van der Waals surface area contributed by atoms with E-state index in [1.54, 1.807) is 7.11 Å². The molecule has 0 aliphatic carbocycles. The molecule has 2 atom stereocenters. The number of nitrogens with two attached hydrogens (primary N) is 2. The fourth-order valence-corrected chi connectivity index (χ4v) is 5.62. The minimum absolute atomic E-state index is 0.0108. The van der Waals surface area contributed by atoms with E-state index < -0.39 is 12.1 Å². The molecule has 0 saturated carbocycles. The monoisotopic (exact) mass is 650 g/mol. The fraction of sp³-hybridized carbons (Fsp3) is 0.419. The second-order valence-corrected chi connectivity index (χ2v) is 11.3. The number of rotatable bonds is 11. The number of hydrogen-bond donors (Lipinski definition) is 3. The van der Waals surface area contributed by atoms with Crippen LogP contribution in [0, 0.1) is 0 Å². The normalized spacial score (nSPS) is 17.9. The van der Waals surface area contributed by atoms with Crippen LogP contribution in [-0.2, 0) is 17.6 Å². The molecule has 1 aromatic heterocycles. The summed E-state index contributed by atoms with van der Waals surface area (Å²) < 4.78 is 37.8. The minimum Gasteiger partial charge on any atom is -0.542 e. The molecule has 10 nitrogen and oxygen atoms in total. The van der Waals surface area contributed by atoms with Gasteiger partial charge in [-0.25, -0.2) is 9.97 Å². The molecule has 0 radical (unpaired) electrons. The number of hydrogen-bond acceptors (Lipinski definition) is 8. The van der Waals surface area contributed by atoms with Crippen molar-refractivity contribution in [1.82, 2.24) is 15.3 Å². The number of nitrogens with zero attached hydrogens (tertiary/aromatic N) is 3. The fourth-order valence-electron chi connectivity index (χ4n) is 5.50. The number of nitrogens with one attached hydrogen (secondary N) is 1. The highest BCUT2D eigenvalue weighted by molar-refractivity contribution is 6.31. The van der Waals surface area contributed by atoms with Crippen LogP contribution < -0.4 is 26.6 Å². The number of piperidine rings is 1. The highest BCUT2D eigenvalue weighted by Gasteiger charge is 2.35. The number of anilines is 2. The number of carboxylic acid groups (broad SMARTS) is 1. The van der Waals surface area contributed by atoms with E-state index in [1.165, 1.54) is 11.1 Å². The van der Waals surface area contributed by atoms with Crippen LogP contribution in [-0.4, -0.2) is 71.8 Å². The van der Waals surface area contributed by atoms with Crippen LogP contribution in [0.1, 0.15) is 47.3 Å². The van der Waals surface area contributed by atoms with Gasteiger partial charge in [0.25, 0.3) is 5.91 Å². The van der Waals surface area contributed by atoms with E-state index in [0.29, 0.717) is 0 Å². The second kappa shape index (κ2) is 16.3. The van der Waals surface area contributed by atoms with Crippen LogP contribution >= 0.6 is 11.6 Å². The summed E-state index contributed by atoms with van der Waals surface area (Å²) in [6.07, 6.45) is 0.993. The molecule has 5 N–H and O–H groups in total. The number of carbonyl (C=O) groups excluding carboxylic acids is 2. The van der Waals surface area contributed by atoms with Crippen molar-refractivity contribution >= 4 is 35.1 Å². The number of ether oxygens (including phenoxy) is 1. The topological polar surface area (TPSA) is 156 Å². The molecule has 1 saturated heterocycles. The maximum atomic E-state index is 13.0. The van der Waals surface area contributed by atoms with Crippen molar-refractivity contribution in [2.24, 2.45) is 0 Å². The van der Waals surface area contributed by atoms with Gasteiger partial charge in [-0.1, -0.05) is 54.1 Å². The van der Waals surface area contributed by atoms with Crippen molar-refractivity contribution in [2.75, 3.05) is 44.8 Å². The summed E-state index contributed by atoms with van der Waals surface area (Å²) in [4.78, 5) is 29.9. The van der Waals surface area contributed by atoms with E-state index in [1.807, 2.05) is 12.1 Å². The average molecular weight is 651 g/mol. The van der Waals surface area contributed by atoms with E-state index >= 15 is 0 Å². The number of aryl methyl sites for hydroxylation is 2. The number of alkyl halides is 3. The maximum absolute atomic E-state index is 13.0. The number of carbonyl (C=O) groups is 2. The zero-order valence-corrected chi connectivity index (χ0v) is 25.7. The average Bonchev–Trinajstić information content (AvgIpc) is 3.00. The molecule has 244 valence electrons. The third-order valence-corrected chi connectivity index (χ3v) is 7.96. The molecule has 0 spiro atoms.